The van der Waals surface area contributed by atoms with Gasteiger partial charge in [0.2, 0.25) is 0 Å². The number of hydrogen-bond donors (Lipinski definition) is 1. The molecule has 0 heterocycles. The second-order valence-electron chi connectivity index (χ2n) is 3.02. The first-order valence-electron chi connectivity index (χ1n) is 4.48. The highest BCUT2D eigenvalue weighted by Gasteiger charge is 2.17. The largest absolute Gasteiger partial charge is 0.493 e. The van der Waals surface area contributed by atoms with Crippen molar-refractivity contribution in [2.75, 3.05) is 14.2 Å². The number of hydrogen-bond acceptors (Lipinski definition) is 4. The minimum absolute atomic E-state index is 0.111. The van der Waals surface area contributed by atoms with Crippen LogP contribution in [0.2, 0.25) is 0 Å². The fourth-order valence-corrected chi connectivity index (χ4v) is 1.35. The van der Waals surface area contributed by atoms with E-state index in [9.17, 15) is 8.78 Å². The van der Waals surface area contributed by atoms with Crippen LogP contribution in [0.1, 0.15) is 17.6 Å². The summed E-state index contributed by atoms with van der Waals surface area (Å²) in [6.07, 6.45) is -2.62. The molecule has 0 saturated heterocycles. The van der Waals surface area contributed by atoms with Crippen LogP contribution >= 0.6 is 0 Å². The van der Waals surface area contributed by atoms with Gasteiger partial charge < -0.3 is 9.47 Å². The fraction of sp³-hybridized carbons (Fsp3) is 0.400. The molecule has 90 valence electrons. The Balaban J connectivity index is 3.23. The van der Waals surface area contributed by atoms with Crippen molar-refractivity contribution in [2.45, 2.75) is 13.0 Å². The van der Waals surface area contributed by atoms with Crippen LogP contribution in [0.5, 0.6) is 11.5 Å². The minimum Gasteiger partial charge on any atom is -0.493 e. The molecular formula is C10H13F2NO3. The van der Waals surface area contributed by atoms with Gasteiger partial charge in [-0.2, -0.15) is 0 Å². The molecule has 0 aliphatic heterocycles. The summed E-state index contributed by atoms with van der Waals surface area (Å²) in [4.78, 5) is 4.36. The van der Waals surface area contributed by atoms with E-state index in [1.54, 1.807) is 0 Å². The Labute approximate surface area is 91.9 Å². The van der Waals surface area contributed by atoms with Crippen molar-refractivity contribution in [1.82, 2.24) is 0 Å². The summed E-state index contributed by atoms with van der Waals surface area (Å²) >= 11 is 0. The molecule has 0 bridgehead atoms. The average Bonchev–Trinajstić information content (AvgIpc) is 2.28. The standard InChI is InChI=1S/C10H13F2NO3/c1-14-8-3-6(5-16-13)7(10(11)12)4-9(8)15-2/h3-4,10H,5,13H2,1-2H3. The van der Waals surface area contributed by atoms with Gasteiger partial charge >= 0.3 is 0 Å². The summed E-state index contributed by atoms with van der Waals surface area (Å²) in [5, 5.41) is 0. The third kappa shape index (κ3) is 2.59. The molecule has 0 saturated carbocycles. The highest BCUT2D eigenvalue weighted by molar-refractivity contribution is 5.47. The maximum Gasteiger partial charge on any atom is 0.264 e. The van der Waals surface area contributed by atoms with Crippen molar-refractivity contribution in [3.8, 4) is 11.5 Å². The van der Waals surface area contributed by atoms with Crippen LogP contribution in [-0.4, -0.2) is 14.2 Å². The highest BCUT2D eigenvalue weighted by Crippen LogP contribution is 2.35. The molecule has 0 unspecified atom stereocenters. The van der Waals surface area contributed by atoms with E-state index in [4.69, 9.17) is 15.4 Å². The lowest BCUT2D eigenvalue weighted by Gasteiger charge is -2.13. The molecule has 1 aromatic rings. The van der Waals surface area contributed by atoms with Crippen LogP contribution in [0.4, 0.5) is 8.78 Å². The van der Waals surface area contributed by atoms with E-state index in [1.165, 1.54) is 26.4 Å². The summed E-state index contributed by atoms with van der Waals surface area (Å²) in [6, 6.07) is 2.64. The summed E-state index contributed by atoms with van der Waals surface area (Å²) in [7, 11) is 2.80. The van der Waals surface area contributed by atoms with Crippen LogP contribution < -0.4 is 15.4 Å². The quantitative estimate of drug-likeness (QED) is 0.790. The zero-order valence-corrected chi connectivity index (χ0v) is 9.00. The predicted molar refractivity (Wildman–Crippen MR) is 53.5 cm³/mol. The Morgan fingerprint density at radius 3 is 2.19 bits per heavy atom. The van der Waals surface area contributed by atoms with E-state index in [0.29, 0.717) is 5.75 Å². The zero-order chi connectivity index (χ0) is 12.1. The van der Waals surface area contributed by atoms with Crippen LogP contribution in [0.25, 0.3) is 0 Å². The van der Waals surface area contributed by atoms with E-state index < -0.39 is 6.43 Å². The third-order valence-electron chi connectivity index (χ3n) is 2.12. The lowest BCUT2D eigenvalue weighted by atomic mass is 10.1. The number of benzene rings is 1. The predicted octanol–water partition coefficient (Wildman–Crippen LogP) is 2.03. The lowest BCUT2D eigenvalue weighted by molar-refractivity contribution is 0.113. The maximum absolute atomic E-state index is 12.7. The molecule has 0 spiro atoms. The molecule has 16 heavy (non-hydrogen) atoms. The number of nitrogens with two attached hydrogens (primary N) is 1. The van der Waals surface area contributed by atoms with Gasteiger partial charge in [-0.15, -0.1) is 0 Å². The molecule has 4 nitrogen and oxygen atoms in total. The first-order valence-corrected chi connectivity index (χ1v) is 4.48. The second kappa shape index (κ2) is 5.62. The third-order valence-corrected chi connectivity index (χ3v) is 2.12. The summed E-state index contributed by atoms with van der Waals surface area (Å²) < 4.78 is 35.3. The van der Waals surface area contributed by atoms with Gasteiger partial charge in [-0.25, -0.2) is 14.7 Å². The van der Waals surface area contributed by atoms with Crippen LogP contribution in [-0.2, 0) is 11.4 Å². The van der Waals surface area contributed by atoms with Crippen LogP contribution in [0, 0.1) is 0 Å². The number of halogens is 2. The first-order chi connectivity index (χ1) is 7.63. The molecule has 0 radical (unpaired) electrons. The maximum atomic E-state index is 12.7. The molecule has 0 fully saturated rings. The van der Waals surface area contributed by atoms with Gasteiger partial charge in [0.25, 0.3) is 6.43 Å². The van der Waals surface area contributed by atoms with E-state index in [2.05, 4.69) is 4.84 Å². The SMILES string of the molecule is COc1cc(CON)c(C(F)F)cc1OC. The van der Waals surface area contributed by atoms with Gasteiger partial charge in [-0.3, -0.25) is 4.84 Å². The molecule has 0 aromatic heterocycles. The molecule has 0 amide bonds. The second-order valence-corrected chi connectivity index (χ2v) is 3.02. The summed E-state index contributed by atoms with van der Waals surface area (Å²) in [5.41, 5.74) is 0.0956. The van der Waals surface area contributed by atoms with Gasteiger partial charge in [0.05, 0.1) is 20.8 Å². The Bertz CT molecular complexity index is 358. The summed E-state index contributed by atoms with van der Waals surface area (Å²) in [6.45, 7) is -0.111. The Hall–Kier alpha value is -1.40. The molecule has 1 rings (SSSR count). The molecule has 0 aliphatic rings. The topological polar surface area (TPSA) is 53.7 Å². The molecule has 0 aliphatic carbocycles. The average molecular weight is 233 g/mol. The van der Waals surface area contributed by atoms with Crippen molar-refractivity contribution >= 4 is 0 Å². The van der Waals surface area contributed by atoms with Gasteiger partial charge in [-0.1, -0.05) is 0 Å². The van der Waals surface area contributed by atoms with Crippen molar-refractivity contribution in [3.63, 3.8) is 0 Å². The molecule has 2 N–H and O–H groups in total. The van der Waals surface area contributed by atoms with Crippen molar-refractivity contribution < 1.29 is 23.1 Å². The Morgan fingerprint density at radius 2 is 1.75 bits per heavy atom. The highest BCUT2D eigenvalue weighted by atomic mass is 19.3. The van der Waals surface area contributed by atoms with Gasteiger partial charge in [-0.05, 0) is 17.7 Å². The fourth-order valence-electron chi connectivity index (χ4n) is 1.35. The van der Waals surface area contributed by atoms with Crippen molar-refractivity contribution in [2.24, 2.45) is 5.90 Å². The molecule has 0 atom stereocenters. The van der Waals surface area contributed by atoms with E-state index >= 15 is 0 Å². The number of alkyl halides is 2. The minimum atomic E-state index is -2.62. The van der Waals surface area contributed by atoms with Gasteiger partial charge in [0.1, 0.15) is 0 Å². The van der Waals surface area contributed by atoms with Gasteiger partial charge in [0, 0.05) is 5.56 Å². The number of rotatable bonds is 5. The normalized spacial score (nSPS) is 10.6. The van der Waals surface area contributed by atoms with E-state index in [1.807, 2.05) is 0 Å². The molecule has 1 aromatic carbocycles. The Kier molecular flexibility index (Phi) is 4.45. The van der Waals surface area contributed by atoms with E-state index in [0.717, 1.165) is 0 Å². The van der Waals surface area contributed by atoms with Crippen molar-refractivity contribution in [3.05, 3.63) is 23.3 Å². The summed E-state index contributed by atoms with van der Waals surface area (Å²) in [5.74, 6) is 5.48. The lowest BCUT2D eigenvalue weighted by Crippen LogP contribution is -2.04. The zero-order valence-electron chi connectivity index (χ0n) is 9.00. The van der Waals surface area contributed by atoms with E-state index in [-0.39, 0.29) is 23.5 Å². The number of ether oxygens (including phenoxy) is 2. The molecule has 6 heteroatoms. The molecular weight excluding hydrogens is 220 g/mol. The number of methoxy groups -OCH3 is 2. The van der Waals surface area contributed by atoms with Crippen molar-refractivity contribution in [1.29, 1.82) is 0 Å². The monoisotopic (exact) mass is 233 g/mol. The Morgan fingerprint density at radius 1 is 1.19 bits per heavy atom. The smallest absolute Gasteiger partial charge is 0.264 e. The van der Waals surface area contributed by atoms with Gasteiger partial charge in [0.15, 0.2) is 11.5 Å². The van der Waals surface area contributed by atoms with Crippen LogP contribution in [0.15, 0.2) is 12.1 Å². The first kappa shape index (κ1) is 12.7. The van der Waals surface area contributed by atoms with Crippen LogP contribution in [0.3, 0.4) is 0 Å².